The second-order valence-corrected chi connectivity index (χ2v) is 9.00. The molecule has 2 rings (SSSR count). The molecule has 0 bridgehead atoms. The van der Waals surface area contributed by atoms with Gasteiger partial charge in [0.15, 0.2) is 9.84 Å². The molecular weight excluding hydrogens is 398 g/mol. The van der Waals surface area contributed by atoms with Crippen molar-refractivity contribution >= 4 is 49.1 Å². The number of anilines is 1. The number of hydrogen-bond donors (Lipinski definition) is 1. The van der Waals surface area contributed by atoms with E-state index in [1.807, 2.05) is 25.1 Å². The van der Waals surface area contributed by atoms with Crippen LogP contribution in [0.1, 0.15) is 5.56 Å². The minimum atomic E-state index is -3.29. The van der Waals surface area contributed by atoms with Gasteiger partial charge < -0.3 is 5.32 Å². The zero-order valence-corrected chi connectivity index (χ0v) is 15.9. The Morgan fingerprint density at radius 2 is 1.96 bits per heavy atom. The van der Waals surface area contributed by atoms with Gasteiger partial charge in [0.05, 0.1) is 10.6 Å². The summed E-state index contributed by atoms with van der Waals surface area (Å²) in [6.07, 6.45) is 1.14. The van der Waals surface area contributed by atoms with Crippen LogP contribution in [0.2, 0.25) is 0 Å². The van der Waals surface area contributed by atoms with Crippen molar-refractivity contribution in [1.29, 1.82) is 0 Å². The first-order valence-corrected chi connectivity index (χ1v) is 10.4. The third-order valence-corrected chi connectivity index (χ3v) is 5.82. The molecule has 2 aromatic rings. The lowest BCUT2D eigenvalue weighted by atomic mass is 10.2. The van der Waals surface area contributed by atoms with E-state index >= 15 is 0 Å². The van der Waals surface area contributed by atoms with Crippen LogP contribution in [0.15, 0.2) is 56.7 Å². The number of nitrogens with one attached hydrogen (secondary N) is 1. The van der Waals surface area contributed by atoms with Crippen LogP contribution in [0.5, 0.6) is 0 Å². The summed E-state index contributed by atoms with van der Waals surface area (Å²) in [7, 11) is -3.29. The van der Waals surface area contributed by atoms with Gasteiger partial charge in [-0.25, -0.2) is 8.42 Å². The monoisotopic (exact) mass is 413 g/mol. The van der Waals surface area contributed by atoms with Gasteiger partial charge in [-0.3, -0.25) is 4.79 Å². The van der Waals surface area contributed by atoms with Crippen LogP contribution >= 0.6 is 27.7 Å². The highest BCUT2D eigenvalue weighted by molar-refractivity contribution is 9.10. The fourth-order valence-electron chi connectivity index (χ4n) is 1.92. The Kier molecular flexibility index (Phi) is 5.89. The van der Waals surface area contributed by atoms with E-state index in [4.69, 9.17) is 0 Å². The number of amides is 1. The lowest BCUT2D eigenvalue weighted by molar-refractivity contribution is -0.113. The first kappa shape index (κ1) is 18.0. The van der Waals surface area contributed by atoms with Crippen molar-refractivity contribution in [3.8, 4) is 0 Å². The van der Waals surface area contributed by atoms with Crippen molar-refractivity contribution < 1.29 is 13.2 Å². The van der Waals surface area contributed by atoms with E-state index in [0.717, 1.165) is 21.2 Å². The minimum absolute atomic E-state index is 0.178. The van der Waals surface area contributed by atoms with E-state index in [2.05, 4.69) is 21.2 Å². The molecule has 0 saturated heterocycles. The zero-order valence-electron chi connectivity index (χ0n) is 12.7. The van der Waals surface area contributed by atoms with Crippen molar-refractivity contribution in [2.45, 2.75) is 16.7 Å². The van der Waals surface area contributed by atoms with E-state index < -0.39 is 9.84 Å². The van der Waals surface area contributed by atoms with Gasteiger partial charge in [0.2, 0.25) is 5.91 Å². The Labute approximate surface area is 148 Å². The van der Waals surface area contributed by atoms with E-state index in [1.165, 1.54) is 23.9 Å². The highest BCUT2D eigenvalue weighted by Gasteiger charge is 2.10. The third kappa shape index (κ3) is 5.37. The molecule has 0 aliphatic rings. The predicted molar refractivity (Wildman–Crippen MR) is 97.8 cm³/mol. The summed E-state index contributed by atoms with van der Waals surface area (Å²) in [4.78, 5) is 13.3. The quantitative estimate of drug-likeness (QED) is 0.754. The summed E-state index contributed by atoms with van der Waals surface area (Å²) < 4.78 is 24.1. The van der Waals surface area contributed by atoms with Gasteiger partial charge in [-0.2, -0.15) is 0 Å². The SMILES string of the molecule is Cc1cc(Br)ccc1SCC(=O)Nc1cccc(S(C)(=O)=O)c1. The Morgan fingerprint density at radius 1 is 1.22 bits per heavy atom. The van der Waals surface area contributed by atoms with Crippen LogP contribution in [0.25, 0.3) is 0 Å². The lowest BCUT2D eigenvalue weighted by Crippen LogP contribution is -2.14. The molecule has 7 heteroatoms. The summed E-state index contributed by atoms with van der Waals surface area (Å²) in [5.41, 5.74) is 1.57. The maximum Gasteiger partial charge on any atom is 0.234 e. The normalized spacial score (nSPS) is 11.3. The lowest BCUT2D eigenvalue weighted by Gasteiger charge is -2.08. The molecule has 0 spiro atoms. The predicted octanol–water partition coefficient (Wildman–Crippen LogP) is 3.89. The second-order valence-electron chi connectivity index (χ2n) is 5.05. The van der Waals surface area contributed by atoms with Crippen molar-refractivity contribution in [3.63, 3.8) is 0 Å². The summed E-state index contributed by atoms with van der Waals surface area (Å²) in [6, 6.07) is 12.1. The summed E-state index contributed by atoms with van der Waals surface area (Å²) in [6.45, 7) is 1.99. The van der Waals surface area contributed by atoms with Crippen molar-refractivity contribution in [2.24, 2.45) is 0 Å². The number of thioether (sulfide) groups is 1. The van der Waals surface area contributed by atoms with Crippen LogP contribution < -0.4 is 5.32 Å². The smallest absolute Gasteiger partial charge is 0.234 e. The van der Waals surface area contributed by atoms with Crippen molar-refractivity contribution in [3.05, 3.63) is 52.5 Å². The van der Waals surface area contributed by atoms with Crippen LogP contribution in [0, 0.1) is 6.92 Å². The van der Waals surface area contributed by atoms with Gasteiger partial charge >= 0.3 is 0 Å². The molecule has 23 heavy (non-hydrogen) atoms. The number of benzene rings is 2. The number of rotatable bonds is 5. The Morgan fingerprint density at radius 3 is 2.61 bits per heavy atom. The highest BCUT2D eigenvalue weighted by Crippen LogP contribution is 2.25. The van der Waals surface area contributed by atoms with E-state index in [0.29, 0.717) is 5.69 Å². The number of sulfone groups is 1. The molecule has 0 aliphatic carbocycles. The molecule has 0 aliphatic heterocycles. The Balaban J connectivity index is 2.00. The van der Waals surface area contributed by atoms with Crippen LogP contribution in [0.3, 0.4) is 0 Å². The first-order valence-electron chi connectivity index (χ1n) is 6.74. The van der Waals surface area contributed by atoms with Gasteiger partial charge in [0.25, 0.3) is 0 Å². The molecule has 0 heterocycles. The molecule has 0 saturated carbocycles. The van der Waals surface area contributed by atoms with Gasteiger partial charge in [0.1, 0.15) is 0 Å². The fourth-order valence-corrected chi connectivity index (χ4v) is 3.87. The van der Waals surface area contributed by atoms with Crippen LogP contribution in [-0.2, 0) is 14.6 Å². The maximum absolute atomic E-state index is 12.0. The highest BCUT2D eigenvalue weighted by atomic mass is 79.9. The van der Waals surface area contributed by atoms with Gasteiger partial charge in [-0.05, 0) is 48.9 Å². The van der Waals surface area contributed by atoms with Crippen molar-refractivity contribution in [2.75, 3.05) is 17.3 Å². The van der Waals surface area contributed by atoms with E-state index in [9.17, 15) is 13.2 Å². The largest absolute Gasteiger partial charge is 0.325 e. The topological polar surface area (TPSA) is 63.2 Å². The van der Waals surface area contributed by atoms with Gasteiger partial charge in [-0.15, -0.1) is 11.8 Å². The second kappa shape index (κ2) is 7.51. The molecule has 0 unspecified atom stereocenters. The number of hydrogen-bond acceptors (Lipinski definition) is 4. The molecule has 0 radical (unpaired) electrons. The van der Waals surface area contributed by atoms with Crippen LogP contribution in [0.4, 0.5) is 5.69 Å². The van der Waals surface area contributed by atoms with E-state index in [1.54, 1.807) is 12.1 Å². The zero-order chi connectivity index (χ0) is 17.0. The molecule has 1 N–H and O–H groups in total. The van der Waals surface area contributed by atoms with Crippen molar-refractivity contribution in [1.82, 2.24) is 0 Å². The minimum Gasteiger partial charge on any atom is -0.325 e. The average Bonchev–Trinajstić information content (AvgIpc) is 2.45. The molecule has 0 fully saturated rings. The first-order chi connectivity index (χ1) is 10.8. The van der Waals surface area contributed by atoms with Gasteiger partial charge in [-0.1, -0.05) is 22.0 Å². The number of aryl methyl sites for hydroxylation is 1. The Bertz CT molecular complexity index is 835. The van der Waals surface area contributed by atoms with E-state index in [-0.39, 0.29) is 16.6 Å². The summed E-state index contributed by atoms with van der Waals surface area (Å²) >= 11 is 4.85. The molecule has 0 atom stereocenters. The number of carbonyl (C=O) groups excluding carboxylic acids is 1. The fraction of sp³-hybridized carbons (Fsp3) is 0.188. The standard InChI is InChI=1S/C16H16BrNO3S2/c1-11-8-12(17)6-7-15(11)22-10-16(19)18-13-4-3-5-14(9-13)23(2,20)21/h3-9H,10H2,1-2H3,(H,18,19). The Hall–Kier alpha value is -1.31. The molecule has 122 valence electrons. The number of halogens is 1. The maximum atomic E-state index is 12.0. The molecule has 2 aromatic carbocycles. The molecular formula is C16H16BrNO3S2. The molecule has 0 aromatic heterocycles. The van der Waals surface area contributed by atoms with Crippen LogP contribution in [-0.4, -0.2) is 26.3 Å². The summed E-state index contributed by atoms with van der Waals surface area (Å²) in [5.74, 6) is 0.0777. The molecule has 4 nitrogen and oxygen atoms in total. The van der Waals surface area contributed by atoms with Gasteiger partial charge in [0, 0.05) is 21.3 Å². The molecule has 1 amide bonds. The summed E-state index contributed by atoms with van der Waals surface area (Å²) in [5, 5.41) is 2.72. The number of carbonyl (C=O) groups is 1. The average molecular weight is 414 g/mol. The third-order valence-electron chi connectivity index (χ3n) is 3.04.